The first-order valence-corrected chi connectivity index (χ1v) is 0.928. The fraction of sp³-hybridized carbons (Fsp3) is 0.500. The Balaban J connectivity index is 0. The van der Waals surface area contributed by atoms with Crippen LogP contribution in [0.15, 0.2) is 0 Å². The zero-order valence-corrected chi connectivity index (χ0v) is 6.56. The Morgan fingerprint density at radius 3 is 1.80 bits per heavy atom. The molecule has 0 aromatic carbocycles. The second-order valence-electron chi connectivity index (χ2n) is 0.519. The van der Waals surface area contributed by atoms with Gasteiger partial charge < -0.3 is 5.11 Å². The fourth-order valence-electron chi connectivity index (χ4n) is 0. The van der Waals surface area contributed by atoms with E-state index in [-0.39, 0.29) is 35.6 Å². The Hall–Kier alpha value is 0.665. The molecule has 0 bridgehead atoms. The van der Waals surface area contributed by atoms with Crippen molar-refractivity contribution in [3.8, 4) is 0 Å². The van der Waals surface area contributed by atoms with Gasteiger partial charge in [-0.25, -0.2) is 0 Å². The van der Waals surface area contributed by atoms with E-state index in [1.165, 1.54) is 0 Å². The average molecular weight is 199 g/mol. The van der Waals surface area contributed by atoms with Crippen molar-refractivity contribution in [3.63, 3.8) is 0 Å². The molecule has 0 atom stereocenters. The van der Waals surface area contributed by atoms with Crippen LogP contribution in [0.3, 0.4) is 0 Å². The van der Waals surface area contributed by atoms with E-state index in [4.69, 9.17) is 9.90 Å². The van der Waals surface area contributed by atoms with Crippen LogP contribution in [0.25, 0.3) is 0 Å². The van der Waals surface area contributed by atoms with Crippen LogP contribution < -0.4 is 0 Å². The molecule has 27 valence electrons. The van der Waals surface area contributed by atoms with Gasteiger partial charge in [0.15, 0.2) is 0 Å². The maximum absolute atomic E-state index is 9.00. The van der Waals surface area contributed by atoms with Crippen molar-refractivity contribution >= 4 is 5.97 Å². The summed E-state index contributed by atoms with van der Waals surface area (Å²) < 4.78 is 0. The summed E-state index contributed by atoms with van der Waals surface area (Å²) in [6.07, 6.45) is 0. The molecule has 0 heterocycles. The topological polar surface area (TPSA) is 37.3 Å². The van der Waals surface area contributed by atoms with Crippen LogP contribution in [0.1, 0.15) is 6.92 Å². The first-order chi connectivity index (χ1) is 1.73. The second kappa shape index (κ2) is 4.66. The molecule has 2 nitrogen and oxygen atoms in total. The predicted octanol–water partition coefficient (Wildman–Crippen LogP) is 0.0909. The number of carboxylic acid groups (broad SMARTS) is 1. The van der Waals surface area contributed by atoms with E-state index in [0.717, 1.165) is 6.92 Å². The minimum atomic E-state index is -0.833. The summed E-state index contributed by atoms with van der Waals surface area (Å²) in [5.41, 5.74) is 0. The summed E-state index contributed by atoms with van der Waals surface area (Å²) in [6, 6.07) is 0. The zero-order chi connectivity index (χ0) is 3.58. The molecule has 0 amide bonds. The molecule has 0 aliphatic carbocycles. The number of aliphatic carboxylic acids is 1. The molecule has 0 unspecified atom stereocenters. The molecule has 1 radical (unpaired) electrons. The van der Waals surface area contributed by atoms with E-state index in [1.807, 2.05) is 0 Å². The number of hydrogen-bond donors (Lipinski definition) is 1. The predicted molar refractivity (Wildman–Crippen MR) is 13.3 cm³/mol. The number of hydrogen-bond acceptors (Lipinski definition) is 1. The summed E-state index contributed by atoms with van der Waals surface area (Å²) in [6.45, 7) is 1.08. The van der Waals surface area contributed by atoms with Gasteiger partial charge in [0.05, 0.1) is 0 Å². The van der Waals surface area contributed by atoms with E-state index in [9.17, 15) is 0 Å². The second-order valence-corrected chi connectivity index (χ2v) is 0.519. The van der Waals surface area contributed by atoms with Crippen LogP contribution in [0.5, 0.6) is 0 Å². The van der Waals surface area contributed by atoms with Gasteiger partial charge >= 0.3 is 0 Å². The maximum Gasteiger partial charge on any atom is 0.300 e. The molecule has 0 aliphatic heterocycles. The van der Waals surface area contributed by atoms with Crippen molar-refractivity contribution < 1.29 is 45.5 Å². The number of carboxylic acids is 1. The minimum Gasteiger partial charge on any atom is -0.481 e. The zero-order valence-electron chi connectivity index (χ0n) is 2.93. The average Bonchev–Trinajstić information content (AvgIpc) is 0.811. The van der Waals surface area contributed by atoms with Gasteiger partial charge in [-0.1, -0.05) is 0 Å². The Kier molecular flexibility index (Phi) is 8.56. The van der Waals surface area contributed by atoms with Crippen LogP contribution in [0, 0.1) is 35.6 Å². The summed E-state index contributed by atoms with van der Waals surface area (Å²) in [5, 5.41) is 7.42. The molecule has 3 heteroatoms. The molecule has 0 aliphatic rings. The molecule has 0 rings (SSSR count). The fourth-order valence-corrected chi connectivity index (χ4v) is 0. The first kappa shape index (κ1) is 9.18. The molecule has 0 spiro atoms. The van der Waals surface area contributed by atoms with Crippen molar-refractivity contribution in [2.75, 3.05) is 0 Å². The van der Waals surface area contributed by atoms with Gasteiger partial charge in [-0.3, -0.25) is 4.79 Å². The molecule has 0 fully saturated rings. The molecule has 1 N–H and O–H groups in total. The van der Waals surface area contributed by atoms with Gasteiger partial charge in [0, 0.05) is 42.5 Å². The molecular weight excluding hydrogens is 195 g/mol. The van der Waals surface area contributed by atoms with Gasteiger partial charge in [0.1, 0.15) is 0 Å². The smallest absolute Gasteiger partial charge is 0.300 e. The molecule has 0 aromatic rings. The third-order valence-electron chi connectivity index (χ3n) is 0. The van der Waals surface area contributed by atoms with Crippen molar-refractivity contribution in [3.05, 3.63) is 0 Å². The number of carbonyl (C=O) groups is 1. The van der Waals surface area contributed by atoms with E-state index in [2.05, 4.69) is 0 Å². The quantitative estimate of drug-likeness (QED) is 0.600. The van der Waals surface area contributed by atoms with E-state index >= 15 is 0 Å². The van der Waals surface area contributed by atoms with E-state index in [1.54, 1.807) is 0 Å². The van der Waals surface area contributed by atoms with Gasteiger partial charge in [-0.2, -0.15) is 0 Å². The first-order valence-electron chi connectivity index (χ1n) is 0.928. The van der Waals surface area contributed by atoms with Gasteiger partial charge in [0.25, 0.3) is 5.97 Å². The van der Waals surface area contributed by atoms with Gasteiger partial charge in [-0.15, -0.1) is 0 Å². The molecule has 5 heavy (non-hydrogen) atoms. The van der Waals surface area contributed by atoms with Crippen molar-refractivity contribution in [1.82, 2.24) is 0 Å². The van der Waals surface area contributed by atoms with Crippen LogP contribution in [0.2, 0.25) is 0 Å². The summed E-state index contributed by atoms with van der Waals surface area (Å²) >= 11 is 0. The third-order valence-corrected chi connectivity index (χ3v) is 0. The molecule has 0 aromatic heterocycles. The van der Waals surface area contributed by atoms with E-state index in [0.29, 0.717) is 0 Å². The summed E-state index contributed by atoms with van der Waals surface area (Å²) in [7, 11) is 0. The maximum atomic E-state index is 9.00. The van der Waals surface area contributed by atoms with Crippen molar-refractivity contribution in [2.45, 2.75) is 6.92 Å². The minimum absolute atomic E-state index is 0. The van der Waals surface area contributed by atoms with Crippen LogP contribution in [0.4, 0.5) is 0 Å². The summed E-state index contributed by atoms with van der Waals surface area (Å²) in [4.78, 5) is 9.00. The van der Waals surface area contributed by atoms with Crippen LogP contribution >= 0.6 is 0 Å². The van der Waals surface area contributed by atoms with Crippen molar-refractivity contribution in [2.24, 2.45) is 0 Å². The largest absolute Gasteiger partial charge is 0.481 e. The Morgan fingerprint density at radius 1 is 1.80 bits per heavy atom. The molecule has 0 saturated carbocycles. The third kappa shape index (κ3) is 75.0. The van der Waals surface area contributed by atoms with Crippen molar-refractivity contribution in [1.29, 1.82) is 0 Å². The Morgan fingerprint density at radius 2 is 1.80 bits per heavy atom. The van der Waals surface area contributed by atoms with Gasteiger partial charge in [0.2, 0.25) is 0 Å². The number of rotatable bonds is 0. The monoisotopic (exact) mass is 199 g/mol. The van der Waals surface area contributed by atoms with Gasteiger partial charge in [-0.05, 0) is 0 Å². The molecule has 0 saturated heterocycles. The normalized spacial score (nSPS) is 5.00. The standard InChI is InChI=1S/C2H4O2.La/c1-2(3)4;/h1H3,(H,3,4);. The SMILES string of the molecule is CC(=O)O.[La]. The molecular formula is C2H4LaO2. The van der Waals surface area contributed by atoms with Crippen LogP contribution in [-0.4, -0.2) is 11.1 Å². The van der Waals surface area contributed by atoms with E-state index < -0.39 is 5.97 Å². The summed E-state index contributed by atoms with van der Waals surface area (Å²) in [5.74, 6) is -0.833. The van der Waals surface area contributed by atoms with Crippen LogP contribution in [-0.2, 0) is 4.79 Å². The Labute approximate surface area is 58.2 Å². The Bertz CT molecular complexity index is 30.6.